The quantitative estimate of drug-likeness (QED) is 0.450. The van der Waals surface area contributed by atoms with Gasteiger partial charge in [0.15, 0.2) is 0 Å². The standard InChI is InChI=1S/C19H19N.C4H11N.C2H6/c1-3-18(19-12-8-5-9-13-19)15-20-16(2)14-17-10-6-4-7-11-17;1-3-4(2)5;1-2/h3-13,15H,1,14H2,2H3;4H,3,5H2,1-2H3;1-2H3/b18-15+,20-16?;;. The number of hydrogen-bond donors (Lipinski definition) is 1. The van der Waals surface area contributed by atoms with Crippen LogP contribution in [0.2, 0.25) is 0 Å². The SMILES string of the molecule is C=C/C(=C\N=C(C)Cc1ccccc1)c1ccccc1.CC.CCC(C)N. The van der Waals surface area contributed by atoms with Crippen molar-refractivity contribution in [2.24, 2.45) is 10.7 Å². The molecule has 2 aromatic rings. The summed E-state index contributed by atoms with van der Waals surface area (Å²) in [5.41, 5.74) is 9.84. The van der Waals surface area contributed by atoms with Gasteiger partial charge in [-0.3, -0.25) is 4.99 Å². The molecule has 0 aliphatic rings. The van der Waals surface area contributed by atoms with Crippen molar-refractivity contribution in [2.75, 3.05) is 0 Å². The van der Waals surface area contributed by atoms with Crippen LogP contribution in [-0.4, -0.2) is 11.8 Å². The summed E-state index contributed by atoms with van der Waals surface area (Å²) in [6.07, 6.45) is 5.69. The first-order chi connectivity index (χ1) is 13.1. The second-order valence-corrected chi connectivity index (χ2v) is 6.07. The lowest BCUT2D eigenvalue weighted by Gasteiger charge is -2.02. The molecule has 0 aliphatic heterocycles. The number of aliphatic imine (C=N–C) groups is 1. The number of allylic oxidation sites excluding steroid dienone is 2. The summed E-state index contributed by atoms with van der Waals surface area (Å²) in [6, 6.07) is 20.9. The molecule has 2 aromatic carbocycles. The molecule has 0 bridgehead atoms. The van der Waals surface area contributed by atoms with Gasteiger partial charge in [-0.15, -0.1) is 0 Å². The summed E-state index contributed by atoms with van der Waals surface area (Å²) in [5.74, 6) is 0. The van der Waals surface area contributed by atoms with E-state index < -0.39 is 0 Å². The first-order valence-electron chi connectivity index (χ1n) is 9.77. The van der Waals surface area contributed by atoms with Crippen molar-refractivity contribution in [3.05, 3.63) is 90.6 Å². The van der Waals surface area contributed by atoms with Crippen LogP contribution in [0.15, 0.2) is 84.5 Å². The molecule has 0 aliphatic carbocycles. The van der Waals surface area contributed by atoms with Crippen molar-refractivity contribution in [3.63, 3.8) is 0 Å². The van der Waals surface area contributed by atoms with Crippen LogP contribution >= 0.6 is 0 Å². The lowest BCUT2D eigenvalue weighted by Crippen LogP contribution is -2.11. The van der Waals surface area contributed by atoms with Gasteiger partial charge < -0.3 is 5.73 Å². The summed E-state index contributed by atoms with van der Waals surface area (Å²) in [4.78, 5) is 4.55. The highest BCUT2D eigenvalue weighted by Crippen LogP contribution is 2.15. The van der Waals surface area contributed by atoms with Gasteiger partial charge in [0.05, 0.1) is 0 Å². The predicted molar refractivity (Wildman–Crippen MR) is 123 cm³/mol. The van der Waals surface area contributed by atoms with Crippen LogP contribution in [0.3, 0.4) is 0 Å². The number of nitrogens with two attached hydrogens (primary N) is 1. The van der Waals surface area contributed by atoms with Gasteiger partial charge in [-0.05, 0) is 37.0 Å². The Balaban J connectivity index is 0.000000838. The molecule has 0 saturated heterocycles. The Labute approximate surface area is 166 Å². The van der Waals surface area contributed by atoms with E-state index in [1.165, 1.54) is 5.56 Å². The van der Waals surface area contributed by atoms with Gasteiger partial charge in [-0.25, -0.2) is 0 Å². The van der Waals surface area contributed by atoms with Crippen molar-refractivity contribution < 1.29 is 0 Å². The monoisotopic (exact) mass is 364 g/mol. The molecule has 0 heterocycles. The minimum absolute atomic E-state index is 0.384. The summed E-state index contributed by atoms with van der Waals surface area (Å²) in [6.45, 7) is 14.0. The maximum absolute atomic E-state index is 5.29. The van der Waals surface area contributed by atoms with Crippen LogP contribution in [0.5, 0.6) is 0 Å². The molecule has 0 saturated carbocycles. The first kappa shape index (κ1) is 24.6. The molecule has 0 radical (unpaired) electrons. The van der Waals surface area contributed by atoms with E-state index in [9.17, 15) is 0 Å². The van der Waals surface area contributed by atoms with Crippen LogP contribution in [0.1, 0.15) is 52.2 Å². The third-order valence-corrected chi connectivity index (χ3v) is 3.70. The molecule has 0 spiro atoms. The van der Waals surface area contributed by atoms with Gasteiger partial charge >= 0.3 is 0 Å². The average Bonchev–Trinajstić information content (AvgIpc) is 2.72. The highest BCUT2D eigenvalue weighted by molar-refractivity contribution is 5.86. The molecule has 27 heavy (non-hydrogen) atoms. The Hall–Kier alpha value is -2.45. The molecular weight excluding hydrogens is 328 g/mol. The van der Waals surface area contributed by atoms with E-state index in [4.69, 9.17) is 5.73 Å². The number of hydrogen-bond acceptors (Lipinski definition) is 2. The van der Waals surface area contributed by atoms with Crippen LogP contribution in [0.4, 0.5) is 0 Å². The van der Waals surface area contributed by atoms with E-state index in [2.05, 4.69) is 61.8 Å². The fraction of sp³-hybridized carbons (Fsp3) is 0.320. The van der Waals surface area contributed by atoms with E-state index in [1.54, 1.807) is 0 Å². The van der Waals surface area contributed by atoms with Crippen LogP contribution in [0.25, 0.3) is 5.57 Å². The molecule has 2 nitrogen and oxygen atoms in total. The molecule has 2 rings (SSSR count). The Morgan fingerprint density at radius 2 is 1.52 bits per heavy atom. The first-order valence-corrected chi connectivity index (χ1v) is 9.77. The zero-order valence-corrected chi connectivity index (χ0v) is 17.7. The van der Waals surface area contributed by atoms with E-state index in [1.807, 2.05) is 57.3 Å². The summed E-state index contributed by atoms with van der Waals surface area (Å²) < 4.78 is 0. The topological polar surface area (TPSA) is 38.4 Å². The summed E-state index contributed by atoms with van der Waals surface area (Å²) >= 11 is 0. The van der Waals surface area contributed by atoms with Crippen molar-refractivity contribution in [1.82, 2.24) is 0 Å². The maximum Gasteiger partial charge on any atom is 0.0345 e. The van der Waals surface area contributed by atoms with E-state index in [-0.39, 0.29) is 0 Å². The number of benzene rings is 2. The molecule has 0 fully saturated rings. The smallest absolute Gasteiger partial charge is 0.0345 e. The molecule has 1 atom stereocenters. The molecule has 2 heteroatoms. The minimum Gasteiger partial charge on any atom is -0.328 e. The lowest BCUT2D eigenvalue weighted by atomic mass is 10.1. The Morgan fingerprint density at radius 3 is 1.96 bits per heavy atom. The Kier molecular flexibility index (Phi) is 14.3. The van der Waals surface area contributed by atoms with Crippen molar-refractivity contribution in [1.29, 1.82) is 0 Å². The average molecular weight is 365 g/mol. The van der Waals surface area contributed by atoms with Gasteiger partial charge in [0.25, 0.3) is 0 Å². The summed E-state index contributed by atoms with van der Waals surface area (Å²) in [7, 11) is 0. The van der Waals surface area contributed by atoms with Gasteiger partial charge in [-0.2, -0.15) is 0 Å². The largest absolute Gasteiger partial charge is 0.328 e. The van der Waals surface area contributed by atoms with Crippen LogP contribution < -0.4 is 5.73 Å². The third kappa shape index (κ3) is 11.7. The molecule has 1 unspecified atom stereocenters. The minimum atomic E-state index is 0.384. The van der Waals surface area contributed by atoms with E-state index in [0.29, 0.717) is 6.04 Å². The molecule has 2 N–H and O–H groups in total. The normalized spacial score (nSPS) is 12.1. The van der Waals surface area contributed by atoms with Gasteiger partial charge in [0, 0.05) is 24.4 Å². The van der Waals surface area contributed by atoms with Crippen molar-refractivity contribution in [3.8, 4) is 0 Å². The summed E-state index contributed by atoms with van der Waals surface area (Å²) in [5, 5.41) is 0. The van der Waals surface area contributed by atoms with E-state index >= 15 is 0 Å². The fourth-order valence-corrected chi connectivity index (χ4v) is 1.99. The Morgan fingerprint density at radius 1 is 1.04 bits per heavy atom. The molecule has 0 aromatic heterocycles. The molecule has 146 valence electrons. The fourth-order valence-electron chi connectivity index (χ4n) is 1.99. The lowest BCUT2D eigenvalue weighted by molar-refractivity contribution is 0.715. The second-order valence-electron chi connectivity index (χ2n) is 6.07. The molecular formula is C25H36N2. The van der Waals surface area contributed by atoms with Gasteiger partial charge in [-0.1, -0.05) is 94.1 Å². The number of rotatable bonds is 6. The zero-order chi connectivity index (χ0) is 20.5. The number of nitrogens with zero attached hydrogens (tertiary/aromatic N) is 1. The zero-order valence-electron chi connectivity index (χ0n) is 17.7. The van der Waals surface area contributed by atoms with Crippen LogP contribution in [0, 0.1) is 0 Å². The van der Waals surface area contributed by atoms with Gasteiger partial charge in [0.2, 0.25) is 0 Å². The van der Waals surface area contributed by atoms with Gasteiger partial charge in [0.1, 0.15) is 0 Å². The third-order valence-electron chi connectivity index (χ3n) is 3.70. The highest BCUT2D eigenvalue weighted by atomic mass is 14.7. The highest BCUT2D eigenvalue weighted by Gasteiger charge is 1.97. The maximum atomic E-state index is 5.29. The van der Waals surface area contributed by atoms with Crippen molar-refractivity contribution in [2.45, 2.75) is 53.5 Å². The predicted octanol–water partition coefficient (Wildman–Crippen LogP) is 6.69. The second kappa shape index (κ2) is 15.8. The van der Waals surface area contributed by atoms with Crippen molar-refractivity contribution >= 4 is 11.3 Å². The molecule has 0 amide bonds. The van der Waals surface area contributed by atoms with E-state index in [0.717, 1.165) is 29.7 Å². The Bertz CT molecular complexity index is 668. The van der Waals surface area contributed by atoms with Crippen LogP contribution in [-0.2, 0) is 6.42 Å².